The number of halogens is 1. The summed E-state index contributed by atoms with van der Waals surface area (Å²) in [5, 5.41) is 3.67. The molecule has 2 aliphatic rings. The largest absolute Gasteiger partial charge is 0.356 e. The van der Waals surface area contributed by atoms with Gasteiger partial charge in [-0.15, -0.1) is 24.0 Å². The zero-order valence-electron chi connectivity index (χ0n) is 17.2. The van der Waals surface area contributed by atoms with E-state index in [1.807, 2.05) is 7.05 Å². The van der Waals surface area contributed by atoms with Gasteiger partial charge < -0.3 is 15.1 Å². The van der Waals surface area contributed by atoms with Crippen molar-refractivity contribution in [2.24, 2.45) is 16.8 Å². The van der Waals surface area contributed by atoms with Crippen LogP contribution >= 0.6 is 24.0 Å². The molecule has 3 atom stereocenters. The highest BCUT2D eigenvalue weighted by atomic mass is 127. The number of aliphatic imine (C=N–C) groups is 1. The molecule has 5 heteroatoms. The van der Waals surface area contributed by atoms with Gasteiger partial charge in [0.1, 0.15) is 0 Å². The maximum absolute atomic E-state index is 4.60. The first-order valence-corrected chi connectivity index (χ1v) is 10.5. The van der Waals surface area contributed by atoms with Crippen LogP contribution in [0.25, 0.3) is 0 Å². The van der Waals surface area contributed by atoms with Gasteiger partial charge in [0.05, 0.1) is 0 Å². The Bertz CT molecular complexity index is 577. The monoisotopic (exact) mass is 484 g/mol. The van der Waals surface area contributed by atoms with Gasteiger partial charge in [-0.3, -0.25) is 4.99 Å². The van der Waals surface area contributed by atoms with E-state index in [9.17, 15) is 0 Å². The molecule has 0 radical (unpaired) electrons. The normalized spacial score (nSPS) is 26.7. The average Bonchev–Trinajstić information content (AvgIpc) is 3.17. The number of likely N-dealkylation sites (tertiary alicyclic amines) is 2. The molecule has 0 aliphatic carbocycles. The average molecular weight is 484 g/mol. The van der Waals surface area contributed by atoms with Crippen LogP contribution in [0.2, 0.25) is 0 Å². The number of nitrogens with one attached hydrogen (secondary N) is 1. The molecule has 2 heterocycles. The van der Waals surface area contributed by atoms with Crippen LogP contribution in [0.1, 0.15) is 44.6 Å². The highest BCUT2D eigenvalue weighted by Gasteiger charge is 2.31. The van der Waals surface area contributed by atoms with Gasteiger partial charge in [-0.25, -0.2) is 0 Å². The molecule has 3 rings (SSSR count). The summed E-state index contributed by atoms with van der Waals surface area (Å²) < 4.78 is 0. The van der Waals surface area contributed by atoms with Gasteiger partial charge in [-0.1, -0.05) is 50.6 Å². The van der Waals surface area contributed by atoms with Crippen LogP contribution in [0.15, 0.2) is 35.3 Å². The third kappa shape index (κ3) is 5.83. The summed E-state index contributed by atoms with van der Waals surface area (Å²) in [4.78, 5) is 9.63. The highest BCUT2D eigenvalue weighted by Crippen LogP contribution is 2.34. The Labute approximate surface area is 182 Å². The van der Waals surface area contributed by atoms with Crippen molar-refractivity contribution >= 4 is 29.9 Å². The lowest BCUT2D eigenvalue weighted by Gasteiger charge is -2.40. The van der Waals surface area contributed by atoms with Crippen molar-refractivity contribution in [3.63, 3.8) is 0 Å². The van der Waals surface area contributed by atoms with Crippen molar-refractivity contribution < 1.29 is 0 Å². The smallest absolute Gasteiger partial charge is 0.193 e. The first kappa shape index (κ1) is 22.5. The summed E-state index contributed by atoms with van der Waals surface area (Å²) >= 11 is 0. The van der Waals surface area contributed by atoms with E-state index in [0.717, 1.165) is 31.5 Å². The molecular weight excluding hydrogens is 447 g/mol. The van der Waals surface area contributed by atoms with Crippen LogP contribution in [-0.2, 0) is 0 Å². The number of piperidine rings is 1. The molecule has 1 N–H and O–H groups in total. The van der Waals surface area contributed by atoms with E-state index in [4.69, 9.17) is 0 Å². The third-order valence-corrected chi connectivity index (χ3v) is 6.36. The first-order valence-electron chi connectivity index (χ1n) is 10.5. The molecule has 2 aliphatic heterocycles. The lowest BCUT2D eigenvalue weighted by Crippen LogP contribution is -2.49. The Hall–Kier alpha value is -0.820. The number of hydrogen-bond acceptors (Lipinski definition) is 2. The van der Waals surface area contributed by atoms with E-state index >= 15 is 0 Å². The van der Waals surface area contributed by atoms with Gasteiger partial charge >= 0.3 is 0 Å². The van der Waals surface area contributed by atoms with Crippen LogP contribution in [0.3, 0.4) is 0 Å². The zero-order valence-corrected chi connectivity index (χ0v) is 19.6. The quantitative estimate of drug-likeness (QED) is 0.389. The van der Waals surface area contributed by atoms with Crippen LogP contribution in [0, 0.1) is 11.8 Å². The number of nitrogens with zero attached hydrogens (tertiary/aromatic N) is 3. The van der Waals surface area contributed by atoms with Gasteiger partial charge in [-0.05, 0) is 49.2 Å². The van der Waals surface area contributed by atoms with Crippen molar-refractivity contribution in [2.75, 3.05) is 46.3 Å². The summed E-state index contributed by atoms with van der Waals surface area (Å²) in [6.07, 6.45) is 3.75. The number of hydrogen-bond donors (Lipinski definition) is 1. The molecule has 152 valence electrons. The summed E-state index contributed by atoms with van der Waals surface area (Å²) in [6.45, 7) is 11.5. The number of rotatable bonds is 5. The number of guanidine groups is 1. The molecule has 4 nitrogen and oxygen atoms in total. The third-order valence-electron chi connectivity index (χ3n) is 6.36. The van der Waals surface area contributed by atoms with Crippen molar-refractivity contribution in [1.82, 2.24) is 15.1 Å². The molecule has 2 fully saturated rings. The summed E-state index contributed by atoms with van der Waals surface area (Å²) in [5.74, 6) is 3.25. The Kier molecular flexibility index (Phi) is 9.36. The Morgan fingerprint density at radius 2 is 1.89 bits per heavy atom. The SMILES string of the molecule is CCC1CN(C(=NC)NCC2CCN(CC)C2)CCC1c1ccccc1.I. The molecule has 1 aromatic rings. The second kappa shape index (κ2) is 11.2. The van der Waals surface area contributed by atoms with Crippen LogP contribution in [-0.4, -0.2) is 62.1 Å². The van der Waals surface area contributed by atoms with Crippen LogP contribution < -0.4 is 5.32 Å². The van der Waals surface area contributed by atoms with E-state index in [-0.39, 0.29) is 24.0 Å². The fourth-order valence-electron chi connectivity index (χ4n) is 4.71. The van der Waals surface area contributed by atoms with Crippen molar-refractivity contribution in [1.29, 1.82) is 0 Å². The second-order valence-electron chi connectivity index (χ2n) is 7.90. The Balaban J connectivity index is 0.00000261. The van der Waals surface area contributed by atoms with Gasteiger partial charge in [-0.2, -0.15) is 0 Å². The zero-order chi connectivity index (χ0) is 18.4. The standard InChI is InChI=1S/C22H36N4.HI/c1-4-19-17-26(14-12-21(19)20-9-7-6-8-10-20)22(23-3)24-15-18-11-13-25(5-2)16-18;/h6-10,18-19,21H,4-5,11-17H2,1-3H3,(H,23,24);1H. The van der Waals surface area contributed by atoms with E-state index in [1.165, 1.54) is 44.5 Å². The Morgan fingerprint density at radius 3 is 2.52 bits per heavy atom. The van der Waals surface area contributed by atoms with Gasteiger partial charge in [0.2, 0.25) is 0 Å². The van der Waals surface area contributed by atoms with Crippen LogP contribution in [0.5, 0.6) is 0 Å². The fourth-order valence-corrected chi connectivity index (χ4v) is 4.71. The lowest BCUT2D eigenvalue weighted by molar-refractivity contribution is 0.215. The van der Waals surface area contributed by atoms with E-state index in [2.05, 4.69) is 64.3 Å². The van der Waals surface area contributed by atoms with E-state index in [1.54, 1.807) is 0 Å². The summed E-state index contributed by atoms with van der Waals surface area (Å²) in [5.41, 5.74) is 1.51. The first-order chi connectivity index (χ1) is 12.7. The van der Waals surface area contributed by atoms with Gasteiger partial charge in [0.25, 0.3) is 0 Å². The molecule has 3 unspecified atom stereocenters. The van der Waals surface area contributed by atoms with Gasteiger partial charge in [0.15, 0.2) is 5.96 Å². The lowest BCUT2D eigenvalue weighted by atomic mass is 9.79. The van der Waals surface area contributed by atoms with E-state index < -0.39 is 0 Å². The molecule has 1 aromatic carbocycles. The molecule has 0 spiro atoms. The van der Waals surface area contributed by atoms with Crippen molar-refractivity contribution in [3.05, 3.63) is 35.9 Å². The highest BCUT2D eigenvalue weighted by molar-refractivity contribution is 14.0. The Morgan fingerprint density at radius 1 is 1.11 bits per heavy atom. The minimum atomic E-state index is 0. The maximum atomic E-state index is 4.60. The fraction of sp³-hybridized carbons (Fsp3) is 0.682. The van der Waals surface area contributed by atoms with Crippen molar-refractivity contribution in [3.8, 4) is 0 Å². The molecule has 0 saturated carbocycles. The summed E-state index contributed by atoms with van der Waals surface area (Å²) in [7, 11) is 1.93. The molecular formula is C22H37IN4. The topological polar surface area (TPSA) is 30.9 Å². The molecule has 0 amide bonds. The minimum Gasteiger partial charge on any atom is -0.356 e. The molecule has 27 heavy (non-hydrogen) atoms. The second-order valence-corrected chi connectivity index (χ2v) is 7.90. The predicted octanol–water partition coefficient (Wildman–Crippen LogP) is 4.04. The van der Waals surface area contributed by atoms with Crippen LogP contribution in [0.4, 0.5) is 0 Å². The predicted molar refractivity (Wildman–Crippen MR) is 126 cm³/mol. The number of benzene rings is 1. The van der Waals surface area contributed by atoms with Gasteiger partial charge in [0, 0.05) is 33.2 Å². The molecule has 0 aromatic heterocycles. The maximum Gasteiger partial charge on any atom is 0.193 e. The van der Waals surface area contributed by atoms with Crippen molar-refractivity contribution in [2.45, 2.75) is 39.0 Å². The molecule has 0 bridgehead atoms. The summed E-state index contributed by atoms with van der Waals surface area (Å²) in [6, 6.07) is 11.1. The van der Waals surface area contributed by atoms with E-state index in [0.29, 0.717) is 11.8 Å². The minimum absolute atomic E-state index is 0. The molecule has 2 saturated heterocycles.